The molecule has 3 aromatic carbocycles. The van der Waals surface area contributed by atoms with Crippen LogP contribution < -0.4 is 10.3 Å². The molecule has 0 unspecified atom stereocenters. The molecule has 0 spiro atoms. The lowest BCUT2D eigenvalue weighted by Gasteiger charge is -2.20. The van der Waals surface area contributed by atoms with Crippen LogP contribution in [0.25, 0.3) is 20.8 Å². The molecule has 0 saturated heterocycles. The van der Waals surface area contributed by atoms with Crippen molar-refractivity contribution in [2.75, 3.05) is 19.0 Å². The zero-order chi connectivity index (χ0) is 22.9. The van der Waals surface area contributed by atoms with E-state index in [2.05, 4.69) is 17.0 Å². The first kappa shape index (κ1) is 21.0. The smallest absolute Gasteiger partial charge is 0.193 e. The Morgan fingerprint density at radius 2 is 1.64 bits per heavy atom. The largest absolute Gasteiger partial charge is 0.377 e. The Kier molecular flexibility index (Phi) is 5.48. The number of hydrogen-bond donors (Lipinski definition) is 1. The van der Waals surface area contributed by atoms with Gasteiger partial charge >= 0.3 is 0 Å². The van der Waals surface area contributed by atoms with Gasteiger partial charge in [0.25, 0.3) is 0 Å². The summed E-state index contributed by atoms with van der Waals surface area (Å²) < 4.78 is 1.13. The summed E-state index contributed by atoms with van der Waals surface area (Å²) in [5.41, 5.74) is 6.74. The number of anilines is 1. The number of nitrogens with zero attached hydrogens (tertiary/aromatic N) is 2. The van der Waals surface area contributed by atoms with Gasteiger partial charge in [-0.3, -0.25) is 4.79 Å². The molecule has 1 aliphatic heterocycles. The number of benzene rings is 4. The Morgan fingerprint density at radius 3 is 2.36 bits per heavy atom. The molecule has 0 amide bonds. The van der Waals surface area contributed by atoms with Gasteiger partial charge in [-0.1, -0.05) is 54.6 Å². The zero-order valence-corrected chi connectivity index (χ0v) is 19.3. The number of carbonyl (C=O) groups excluding carboxylic acids is 1. The van der Waals surface area contributed by atoms with Crippen molar-refractivity contribution in [2.45, 2.75) is 6.42 Å². The number of carbonyl (C=O) groups is 1. The first-order valence-electron chi connectivity index (χ1n) is 10.8. The summed E-state index contributed by atoms with van der Waals surface area (Å²) in [6.07, 6.45) is 0.731. The van der Waals surface area contributed by atoms with E-state index in [1.807, 2.05) is 80.8 Å². The van der Waals surface area contributed by atoms with Gasteiger partial charge < -0.3 is 10.3 Å². The van der Waals surface area contributed by atoms with Gasteiger partial charge in [-0.05, 0) is 41.5 Å². The molecule has 5 rings (SSSR count). The van der Waals surface area contributed by atoms with Gasteiger partial charge in [0, 0.05) is 37.3 Å². The Hall–Kier alpha value is -3.83. The molecule has 4 nitrogen and oxygen atoms in total. The molecule has 0 bridgehead atoms. The lowest BCUT2D eigenvalue weighted by Crippen LogP contribution is -2.12. The number of ketones is 1. The van der Waals surface area contributed by atoms with E-state index in [9.17, 15) is 4.79 Å². The van der Waals surface area contributed by atoms with E-state index in [-0.39, 0.29) is 5.78 Å². The zero-order valence-electron chi connectivity index (χ0n) is 18.5. The highest BCUT2D eigenvalue weighted by Crippen LogP contribution is 2.36. The molecule has 5 heteroatoms. The van der Waals surface area contributed by atoms with Gasteiger partial charge in [0.2, 0.25) is 0 Å². The summed E-state index contributed by atoms with van der Waals surface area (Å²) in [7, 11) is 4.10. The van der Waals surface area contributed by atoms with E-state index < -0.39 is 0 Å². The lowest BCUT2D eigenvalue weighted by molar-refractivity contribution is 0.103. The number of aromatic nitrogens is 1. The summed E-state index contributed by atoms with van der Waals surface area (Å²) in [4.78, 5) is 20.7. The van der Waals surface area contributed by atoms with Crippen LogP contribution in [-0.4, -0.2) is 24.9 Å². The molecule has 1 aliphatic carbocycles. The molecule has 2 aliphatic rings. The fourth-order valence-corrected chi connectivity index (χ4v) is 5.20. The molecule has 33 heavy (non-hydrogen) atoms. The van der Waals surface area contributed by atoms with Crippen molar-refractivity contribution >= 4 is 33.0 Å². The van der Waals surface area contributed by atoms with Crippen LogP contribution in [0.15, 0.2) is 84.9 Å². The third-order valence-electron chi connectivity index (χ3n) is 5.74. The number of rotatable bonds is 5. The van der Waals surface area contributed by atoms with E-state index >= 15 is 0 Å². The first-order valence-corrected chi connectivity index (χ1v) is 11.6. The molecule has 0 saturated carbocycles. The second-order valence-electron chi connectivity index (χ2n) is 8.27. The molecule has 0 aromatic heterocycles. The van der Waals surface area contributed by atoms with Crippen molar-refractivity contribution in [3.8, 4) is 10.6 Å². The van der Waals surface area contributed by atoms with E-state index in [0.717, 1.165) is 38.5 Å². The Labute approximate surface area is 196 Å². The first-order chi connectivity index (χ1) is 16.0. The van der Waals surface area contributed by atoms with Crippen molar-refractivity contribution in [3.63, 3.8) is 0 Å². The predicted octanol–water partition coefficient (Wildman–Crippen LogP) is 5.77. The fraction of sp³-hybridized carbons (Fsp3) is 0.107. The van der Waals surface area contributed by atoms with E-state index in [4.69, 9.17) is 10.4 Å². The topological polar surface area (TPSA) is 57.1 Å². The highest BCUT2D eigenvalue weighted by atomic mass is 32.1. The maximum Gasteiger partial charge on any atom is 0.193 e. The van der Waals surface area contributed by atoms with Crippen LogP contribution in [0.5, 0.6) is 0 Å². The third kappa shape index (κ3) is 4.15. The summed E-state index contributed by atoms with van der Waals surface area (Å²) >= 11 is 1.68. The van der Waals surface area contributed by atoms with Crippen LogP contribution in [-0.2, 0) is 6.42 Å². The normalized spacial score (nSPS) is 11.1. The second kappa shape index (κ2) is 8.60. The van der Waals surface area contributed by atoms with Gasteiger partial charge in [-0.2, -0.15) is 0 Å². The molecule has 0 atom stereocenters. The monoisotopic (exact) mass is 449 g/mol. The SMILES string of the molecule is CN(C)c1ccc2nc3ccc(=N)cc-3sc2c1Cc1ccc(C(=O)c2ccccc2)cc1. The molecule has 0 radical (unpaired) electrons. The minimum atomic E-state index is 0.0328. The summed E-state index contributed by atoms with van der Waals surface area (Å²) in [5, 5.41) is 8.48. The van der Waals surface area contributed by atoms with Crippen LogP contribution in [0.1, 0.15) is 27.0 Å². The maximum atomic E-state index is 12.8. The Balaban J connectivity index is 1.56. The fourth-order valence-electron chi connectivity index (χ4n) is 4.06. The van der Waals surface area contributed by atoms with Gasteiger partial charge in [-0.25, -0.2) is 4.98 Å². The van der Waals surface area contributed by atoms with Crippen LogP contribution in [0, 0.1) is 5.41 Å². The van der Waals surface area contributed by atoms with Crippen molar-refractivity contribution in [1.29, 1.82) is 5.41 Å². The number of nitrogens with one attached hydrogen (secondary N) is 1. The average molecular weight is 450 g/mol. The van der Waals surface area contributed by atoms with Crippen molar-refractivity contribution in [3.05, 3.63) is 113 Å². The molecule has 1 N–H and O–H groups in total. The summed E-state index contributed by atoms with van der Waals surface area (Å²) in [6, 6.07) is 27.0. The van der Waals surface area contributed by atoms with Crippen molar-refractivity contribution < 1.29 is 4.79 Å². The highest BCUT2D eigenvalue weighted by molar-refractivity contribution is 7.21. The minimum absolute atomic E-state index is 0.0328. The van der Waals surface area contributed by atoms with Crippen molar-refractivity contribution in [2.24, 2.45) is 0 Å². The van der Waals surface area contributed by atoms with Crippen LogP contribution >= 0.6 is 11.3 Å². The van der Waals surface area contributed by atoms with Gasteiger partial charge in [0.15, 0.2) is 5.78 Å². The molecule has 162 valence electrons. The molecule has 1 heterocycles. The summed E-state index contributed by atoms with van der Waals surface area (Å²) in [5.74, 6) is 0.0328. The summed E-state index contributed by atoms with van der Waals surface area (Å²) in [6.45, 7) is 0. The number of hydrogen-bond acceptors (Lipinski definition) is 5. The molecular formula is C28H23N3OS. The lowest BCUT2D eigenvalue weighted by atomic mass is 9.98. The minimum Gasteiger partial charge on any atom is -0.377 e. The van der Waals surface area contributed by atoms with Crippen LogP contribution in [0.3, 0.4) is 0 Å². The second-order valence-corrected chi connectivity index (χ2v) is 9.32. The average Bonchev–Trinajstić information content (AvgIpc) is 2.83. The Morgan fingerprint density at radius 1 is 0.909 bits per heavy atom. The third-order valence-corrected chi connectivity index (χ3v) is 6.95. The van der Waals surface area contributed by atoms with E-state index in [1.165, 1.54) is 5.56 Å². The standard InChI is InChI=1S/C28H23N3OS/c1-31(2)25-15-14-24-28(33-26-17-21(29)12-13-23(26)30-24)22(25)16-18-8-10-20(11-9-18)27(32)19-6-4-3-5-7-19/h3-15,17,29H,16H2,1-2H3. The van der Waals surface area contributed by atoms with Crippen LogP contribution in [0.4, 0.5) is 5.69 Å². The number of fused-ring (bicyclic) bond motifs is 2. The van der Waals surface area contributed by atoms with E-state index in [0.29, 0.717) is 16.5 Å². The van der Waals surface area contributed by atoms with E-state index in [1.54, 1.807) is 17.4 Å². The molecule has 0 fully saturated rings. The Bertz CT molecular complexity index is 1490. The van der Waals surface area contributed by atoms with Gasteiger partial charge in [0.05, 0.1) is 26.1 Å². The highest BCUT2D eigenvalue weighted by Gasteiger charge is 2.16. The van der Waals surface area contributed by atoms with Gasteiger partial charge in [0.1, 0.15) is 0 Å². The van der Waals surface area contributed by atoms with Crippen LogP contribution in [0.2, 0.25) is 0 Å². The molecular weight excluding hydrogens is 426 g/mol. The van der Waals surface area contributed by atoms with Gasteiger partial charge in [-0.15, -0.1) is 11.3 Å². The molecule has 3 aromatic rings. The van der Waals surface area contributed by atoms with Crippen molar-refractivity contribution in [1.82, 2.24) is 4.98 Å². The predicted molar refractivity (Wildman–Crippen MR) is 136 cm³/mol. The maximum absolute atomic E-state index is 12.8. The quantitative estimate of drug-likeness (QED) is 0.274.